The molecule has 2 aromatic heterocycles. The Bertz CT molecular complexity index is 1240. The van der Waals surface area contributed by atoms with Crippen LogP contribution in [0.5, 0.6) is 0 Å². The highest BCUT2D eigenvalue weighted by Crippen LogP contribution is 2.33. The summed E-state index contributed by atoms with van der Waals surface area (Å²) in [5.41, 5.74) is 2.84. The van der Waals surface area contributed by atoms with E-state index in [2.05, 4.69) is 27.1 Å². The van der Waals surface area contributed by atoms with Gasteiger partial charge in [-0.05, 0) is 37.0 Å². The van der Waals surface area contributed by atoms with E-state index in [1.165, 1.54) is 30.6 Å². The number of thiazole rings is 1. The van der Waals surface area contributed by atoms with E-state index in [1.807, 2.05) is 40.6 Å². The van der Waals surface area contributed by atoms with Gasteiger partial charge in [0.2, 0.25) is 5.91 Å². The molecule has 194 valence electrons. The number of rotatable bonds is 6. The van der Waals surface area contributed by atoms with Crippen molar-refractivity contribution in [3.05, 3.63) is 58.7 Å². The van der Waals surface area contributed by atoms with E-state index in [-0.39, 0.29) is 11.8 Å². The van der Waals surface area contributed by atoms with Gasteiger partial charge in [-0.2, -0.15) is 0 Å². The first-order valence-electron chi connectivity index (χ1n) is 13.0. The molecule has 1 aliphatic heterocycles. The number of hydrogen-bond acceptors (Lipinski definition) is 6. The molecule has 1 aliphatic carbocycles. The average Bonchev–Trinajstić information content (AvgIpc) is 3.41. The van der Waals surface area contributed by atoms with Crippen molar-refractivity contribution in [3.8, 4) is 11.3 Å². The number of nitrogens with one attached hydrogen (secondary N) is 1. The zero-order valence-electron chi connectivity index (χ0n) is 21.0. The molecule has 1 N–H and O–H groups in total. The Labute approximate surface area is 226 Å². The largest absolute Gasteiger partial charge is 0.367 e. The van der Waals surface area contributed by atoms with Crippen molar-refractivity contribution < 1.29 is 9.59 Å². The molecule has 1 saturated heterocycles. The smallest absolute Gasteiger partial charge is 0.276 e. The summed E-state index contributed by atoms with van der Waals surface area (Å²) in [6.07, 6.45) is 7.42. The minimum absolute atomic E-state index is 0.198. The number of aromatic nitrogens is 2. The highest BCUT2D eigenvalue weighted by Gasteiger charge is 2.31. The monoisotopic (exact) mass is 537 g/mol. The summed E-state index contributed by atoms with van der Waals surface area (Å²) in [6.45, 7) is 5.23. The summed E-state index contributed by atoms with van der Waals surface area (Å²) in [5.74, 6) is 0.928. The molecular weight excluding hydrogens is 506 g/mol. The molecule has 2 atom stereocenters. The van der Waals surface area contributed by atoms with Gasteiger partial charge >= 0.3 is 0 Å². The molecule has 37 heavy (non-hydrogen) atoms. The predicted molar refractivity (Wildman–Crippen MR) is 149 cm³/mol. The Morgan fingerprint density at radius 3 is 2.65 bits per heavy atom. The molecule has 5 rings (SSSR count). The van der Waals surface area contributed by atoms with Crippen LogP contribution in [0.25, 0.3) is 11.3 Å². The van der Waals surface area contributed by atoms with Gasteiger partial charge in [-0.1, -0.05) is 56.0 Å². The van der Waals surface area contributed by atoms with Crippen LogP contribution in [0.2, 0.25) is 5.02 Å². The van der Waals surface area contributed by atoms with Gasteiger partial charge in [-0.3, -0.25) is 14.9 Å². The summed E-state index contributed by atoms with van der Waals surface area (Å²) < 4.78 is 0. The Balaban J connectivity index is 1.14. The van der Waals surface area contributed by atoms with Gasteiger partial charge in [0.05, 0.1) is 17.6 Å². The van der Waals surface area contributed by atoms with Crippen LogP contribution in [-0.4, -0.2) is 52.9 Å². The maximum atomic E-state index is 13.1. The van der Waals surface area contributed by atoms with Gasteiger partial charge in [0, 0.05) is 48.1 Å². The summed E-state index contributed by atoms with van der Waals surface area (Å²) in [7, 11) is 0. The molecule has 3 heterocycles. The van der Waals surface area contributed by atoms with E-state index in [0.717, 1.165) is 56.0 Å². The lowest BCUT2D eigenvalue weighted by atomic mass is 9.79. The zero-order chi connectivity index (χ0) is 25.8. The van der Waals surface area contributed by atoms with Crippen molar-refractivity contribution in [1.29, 1.82) is 0 Å². The predicted octanol–water partition coefficient (Wildman–Crippen LogP) is 5.98. The molecule has 7 nitrogen and oxygen atoms in total. The molecule has 2 fully saturated rings. The normalized spacial score (nSPS) is 20.1. The van der Waals surface area contributed by atoms with Gasteiger partial charge < -0.3 is 9.80 Å². The average molecular weight is 538 g/mol. The Hall–Kier alpha value is -2.97. The lowest BCUT2D eigenvalue weighted by Crippen LogP contribution is -2.51. The lowest BCUT2D eigenvalue weighted by molar-refractivity contribution is -0.137. The fourth-order valence-electron chi connectivity index (χ4n) is 5.32. The van der Waals surface area contributed by atoms with Crippen molar-refractivity contribution in [2.45, 2.75) is 39.0 Å². The van der Waals surface area contributed by atoms with Gasteiger partial charge in [0.1, 0.15) is 5.69 Å². The second kappa shape index (κ2) is 11.6. The fourth-order valence-corrected chi connectivity index (χ4v) is 6.26. The van der Waals surface area contributed by atoms with Gasteiger partial charge in [-0.15, -0.1) is 11.3 Å². The van der Waals surface area contributed by atoms with Gasteiger partial charge in [0.15, 0.2) is 5.13 Å². The van der Waals surface area contributed by atoms with Crippen molar-refractivity contribution in [2.24, 2.45) is 11.8 Å². The third-order valence-corrected chi connectivity index (χ3v) is 8.61. The first kappa shape index (κ1) is 25.7. The highest BCUT2D eigenvalue weighted by atomic mass is 35.5. The molecule has 0 bridgehead atoms. The van der Waals surface area contributed by atoms with Crippen LogP contribution in [-0.2, 0) is 4.79 Å². The minimum Gasteiger partial charge on any atom is -0.367 e. The number of carbonyl (C=O) groups excluding carboxylic acids is 2. The maximum absolute atomic E-state index is 13.1. The standard InChI is InChI=1S/C28H32ClN5O2S/c1-2-19-6-5-7-20(16-19)27(36)34-14-12-33(13-15-34)21-10-11-24(30-17-21)26(35)32-28-31-25(18-37-28)22-8-3-4-9-23(22)29/h3-4,8-11,17-20H,2,5-7,12-16H2,1H3,(H,31,32,35)/t19?,20-/m0/s1. The Kier molecular flexibility index (Phi) is 8.05. The topological polar surface area (TPSA) is 78.4 Å². The van der Waals surface area contributed by atoms with Crippen molar-refractivity contribution in [1.82, 2.24) is 14.9 Å². The van der Waals surface area contributed by atoms with Crippen molar-refractivity contribution in [2.75, 3.05) is 36.4 Å². The zero-order valence-corrected chi connectivity index (χ0v) is 22.6. The van der Waals surface area contributed by atoms with E-state index in [9.17, 15) is 9.59 Å². The SMILES string of the molecule is CCC1CCC[C@H](C(=O)N2CCN(c3ccc(C(=O)Nc4nc(-c5ccccc5Cl)cs4)nc3)CC2)C1. The number of pyridine rings is 1. The van der Waals surface area contributed by atoms with Crippen LogP contribution in [0.3, 0.4) is 0 Å². The number of carbonyl (C=O) groups is 2. The van der Waals surface area contributed by atoms with E-state index >= 15 is 0 Å². The molecular formula is C28H32ClN5O2S. The quantitative estimate of drug-likeness (QED) is 0.418. The number of piperazine rings is 1. The molecule has 1 aromatic carbocycles. The Morgan fingerprint density at radius 1 is 1.11 bits per heavy atom. The molecule has 2 amide bonds. The van der Waals surface area contributed by atoms with Crippen LogP contribution in [0.4, 0.5) is 10.8 Å². The van der Waals surface area contributed by atoms with Gasteiger partial charge in [0.25, 0.3) is 5.91 Å². The van der Waals surface area contributed by atoms with Crippen LogP contribution >= 0.6 is 22.9 Å². The van der Waals surface area contributed by atoms with Crippen molar-refractivity contribution >= 4 is 45.6 Å². The fraction of sp³-hybridized carbons (Fsp3) is 0.429. The summed E-state index contributed by atoms with van der Waals surface area (Å²) in [4.78, 5) is 39.0. The van der Waals surface area contributed by atoms with E-state index in [1.54, 1.807) is 12.3 Å². The number of halogens is 1. The summed E-state index contributed by atoms with van der Waals surface area (Å²) in [6, 6.07) is 11.1. The second-order valence-corrected chi connectivity index (χ2v) is 11.1. The number of amides is 2. The Morgan fingerprint density at radius 2 is 1.92 bits per heavy atom. The first-order valence-corrected chi connectivity index (χ1v) is 14.3. The number of hydrogen-bond donors (Lipinski definition) is 1. The lowest BCUT2D eigenvalue weighted by Gasteiger charge is -2.39. The minimum atomic E-state index is -0.306. The van der Waals surface area contributed by atoms with Gasteiger partial charge in [-0.25, -0.2) is 9.97 Å². The van der Waals surface area contributed by atoms with E-state index < -0.39 is 0 Å². The molecule has 1 unspecified atom stereocenters. The third kappa shape index (κ3) is 5.96. The van der Waals surface area contributed by atoms with Crippen LogP contribution in [0.1, 0.15) is 49.5 Å². The second-order valence-electron chi connectivity index (χ2n) is 9.82. The molecule has 0 radical (unpaired) electrons. The van der Waals surface area contributed by atoms with E-state index in [0.29, 0.717) is 27.7 Å². The number of benzene rings is 1. The molecule has 2 aliphatic rings. The van der Waals surface area contributed by atoms with Crippen LogP contribution in [0.15, 0.2) is 48.0 Å². The third-order valence-electron chi connectivity index (χ3n) is 7.52. The van der Waals surface area contributed by atoms with Crippen LogP contribution < -0.4 is 10.2 Å². The molecule has 9 heteroatoms. The number of nitrogens with zero attached hydrogens (tertiary/aromatic N) is 4. The molecule has 1 saturated carbocycles. The number of anilines is 2. The van der Waals surface area contributed by atoms with Crippen LogP contribution in [0, 0.1) is 11.8 Å². The summed E-state index contributed by atoms with van der Waals surface area (Å²) in [5, 5.41) is 5.81. The van der Waals surface area contributed by atoms with Crippen molar-refractivity contribution in [3.63, 3.8) is 0 Å². The summed E-state index contributed by atoms with van der Waals surface area (Å²) >= 11 is 7.61. The van der Waals surface area contributed by atoms with E-state index in [4.69, 9.17) is 11.6 Å². The molecule has 0 spiro atoms. The maximum Gasteiger partial charge on any atom is 0.276 e. The molecule has 3 aromatic rings. The highest BCUT2D eigenvalue weighted by molar-refractivity contribution is 7.14. The first-order chi connectivity index (χ1) is 18.0.